The maximum absolute atomic E-state index is 10.3. The molecule has 1 aromatic rings. The first-order valence-corrected chi connectivity index (χ1v) is 5.19. The Morgan fingerprint density at radius 1 is 1.71 bits per heavy atom. The van der Waals surface area contributed by atoms with E-state index in [2.05, 4.69) is 12.0 Å². The summed E-state index contributed by atoms with van der Waals surface area (Å²) < 4.78 is 1.78. The fraction of sp³-hybridized carbons (Fsp3) is 0.727. The van der Waals surface area contributed by atoms with Gasteiger partial charge in [0.15, 0.2) is 0 Å². The zero-order valence-corrected chi connectivity index (χ0v) is 9.07. The third-order valence-electron chi connectivity index (χ3n) is 3.23. The van der Waals surface area contributed by atoms with E-state index in [9.17, 15) is 5.11 Å². The van der Waals surface area contributed by atoms with Gasteiger partial charge in [0, 0.05) is 19.7 Å². The molecule has 2 rings (SSSR count). The summed E-state index contributed by atoms with van der Waals surface area (Å²) in [5, 5.41) is 14.4. The molecule has 0 aliphatic heterocycles. The zero-order valence-electron chi connectivity index (χ0n) is 9.07. The third-order valence-corrected chi connectivity index (χ3v) is 3.23. The SMILES string of the molecule is CC1CC1C(C)(O)Cc1cnn(C)c1. The molecule has 1 aromatic heterocycles. The van der Waals surface area contributed by atoms with Crippen LogP contribution in [0.1, 0.15) is 25.8 Å². The van der Waals surface area contributed by atoms with Gasteiger partial charge in [0.05, 0.1) is 11.8 Å². The summed E-state index contributed by atoms with van der Waals surface area (Å²) >= 11 is 0. The van der Waals surface area contributed by atoms with Crippen LogP contribution in [0.5, 0.6) is 0 Å². The molecule has 1 heterocycles. The summed E-state index contributed by atoms with van der Waals surface area (Å²) in [7, 11) is 1.90. The van der Waals surface area contributed by atoms with E-state index in [0.717, 1.165) is 18.4 Å². The molecular weight excluding hydrogens is 176 g/mol. The molecule has 3 unspecified atom stereocenters. The van der Waals surface area contributed by atoms with Gasteiger partial charge in [-0.2, -0.15) is 5.10 Å². The molecule has 1 aliphatic carbocycles. The number of nitrogens with zero attached hydrogens (tertiary/aromatic N) is 2. The first-order chi connectivity index (χ1) is 6.49. The van der Waals surface area contributed by atoms with E-state index in [1.165, 1.54) is 0 Å². The first-order valence-electron chi connectivity index (χ1n) is 5.19. The maximum Gasteiger partial charge on any atom is 0.0691 e. The predicted molar refractivity (Wildman–Crippen MR) is 54.8 cm³/mol. The van der Waals surface area contributed by atoms with Crippen LogP contribution >= 0.6 is 0 Å². The Labute approximate surface area is 84.7 Å². The Kier molecular flexibility index (Phi) is 2.14. The minimum absolute atomic E-state index is 0.475. The van der Waals surface area contributed by atoms with Gasteiger partial charge in [0.1, 0.15) is 0 Å². The van der Waals surface area contributed by atoms with E-state index in [4.69, 9.17) is 0 Å². The molecule has 1 fully saturated rings. The van der Waals surface area contributed by atoms with Crippen LogP contribution in [0.2, 0.25) is 0 Å². The molecule has 1 saturated carbocycles. The molecule has 3 atom stereocenters. The number of aromatic nitrogens is 2. The van der Waals surface area contributed by atoms with Crippen LogP contribution in [0, 0.1) is 11.8 Å². The molecule has 1 aliphatic rings. The number of hydrogen-bond donors (Lipinski definition) is 1. The van der Waals surface area contributed by atoms with Gasteiger partial charge in [-0.3, -0.25) is 4.68 Å². The second-order valence-electron chi connectivity index (χ2n) is 4.88. The highest BCUT2D eigenvalue weighted by molar-refractivity contribution is 5.11. The standard InChI is InChI=1S/C11H18N2O/c1-8-4-10(8)11(2,14)5-9-6-12-13(3)7-9/h6-8,10,14H,4-5H2,1-3H3. The van der Waals surface area contributed by atoms with E-state index >= 15 is 0 Å². The van der Waals surface area contributed by atoms with Gasteiger partial charge in [0.2, 0.25) is 0 Å². The Morgan fingerprint density at radius 2 is 2.36 bits per heavy atom. The lowest BCUT2D eigenvalue weighted by atomic mass is 9.92. The van der Waals surface area contributed by atoms with Gasteiger partial charge < -0.3 is 5.11 Å². The highest BCUT2D eigenvalue weighted by Gasteiger charge is 2.46. The quantitative estimate of drug-likeness (QED) is 0.789. The summed E-state index contributed by atoms with van der Waals surface area (Å²) in [5.74, 6) is 1.16. The molecule has 3 nitrogen and oxygen atoms in total. The van der Waals surface area contributed by atoms with Crippen molar-refractivity contribution in [3.63, 3.8) is 0 Å². The molecule has 0 bridgehead atoms. The van der Waals surface area contributed by atoms with Gasteiger partial charge in [-0.1, -0.05) is 6.92 Å². The molecule has 3 heteroatoms. The summed E-state index contributed by atoms with van der Waals surface area (Å²) in [6.45, 7) is 4.14. The van der Waals surface area contributed by atoms with Gasteiger partial charge in [-0.15, -0.1) is 0 Å². The van der Waals surface area contributed by atoms with E-state index in [1.807, 2.05) is 26.4 Å². The van der Waals surface area contributed by atoms with Crippen molar-refractivity contribution in [3.05, 3.63) is 18.0 Å². The van der Waals surface area contributed by atoms with Crippen molar-refractivity contribution in [1.29, 1.82) is 0 Å². The Bertz CT molecular complexity index is 330. The molecule has 1 N–H and O–H groups in total. The second kappa shape index (κ2) is 3.09. The molecular formula is C11H18N2O. The van der Waals surface area contributed by atoms with E-state index in [-0.39, 0.29) is 0 Å². The van der Waals surface area contributed by atoms with Gasteiger partial charge in [0.25, 0.3) is 0 Å². The largest absolute Gasteiger partial charge is 0.390 e. The number of aliphatic hydroxyl groups is 1. The number of rotatable bonds is 3. The minimum atomic E-state index is -0.553. The lowest BCUT2D eigenvalue weighted by Crippen LogP contribution is -2.30. The van der Waals surface area contributed by atoms with Crippen molar-refractivity contribution in [3.8, 4) is 0 Å². The van der Waals surface area contributed by atoms with Crippen LogP contribution < -0.4 is 0 Å². The van der Waals surface area contributed by atoms with Crippen LogP contribution in [0.15, 0.2) is 12.4 Å². The van der Waals surface area contributed by atoms with Crippen molar-refractivity contribution < 1.29 is 5.11 Å². The normalized spacial score (nSPS) is 30.0. The van der Waals surface area contributed by atoms with Crippen molar-refractivity contribution in [2.24, 2.45) is 18.9 Å². The van der Waals surface area contributed by atoms with Gasteiger partial charge in [-0.25, -0.2) is 0 Å². The molecule has 14 heavy (non-hydrogen) atoms. The van der Waals surface area contributed by atoms with E-state index < -0.39 is 5.60 Å². The summed E-state index contributed by atoms with van der Waals surface area (Å²) in [4.78, 5) is 0. The summed E-state index contributed by atoms with van der Waals surface area (Å²) in [5.41, 5.74) is 0.569. The van der Waals surface area contributed by atoms with Crippen LogP contribution in [0.3, 0.4) is 0 Å². The monoisotopic (exact) mass is 194 g/mol. The Balaban J connectivity index is 2.03. The fourth-order valence-electron chi connectivity index (χ4n) is 2.30. The minimum Gasteiger partial charge on any atom is -0.390 e. The number of hydrogen-bond acceptors (Lipinski definition) is 2. The second-order valence-corrected chi connectivity index (χ2v) is 4.88. The average molecular weight is 194 g/mol. The van der Waals surface area contributed by atoms with Crippen LogP contribution in [-0.2, 0) is 13.5 Å². The molecule has 0 saturated heterocycles. The summed E-state index contributed by atoms with van der Waals surface area (Å²) in [6, 6.07) is 0. The topological polar surface area (TPSA) is 38.1 Å². The summed E-state index contributed by atoms with van der Waals surface area (Å²) in [6.07, 6.45) is 5.69. The Hall–Kier alpha value is -0.830. The highest BCUT2D eigenvalue weighted by atomic mass is 16.3. The molecule has 0 radical (unpaired) electrons. The lowest BCUT2D eigenvalue weighted by Gasteiger charge is -2.22. The maximum atomic E-state index is 10.3. The van der Waals surface area contributed by atoms with Crippen molar-refractivity contribution in [1.82, 2.24) is 9.78 Å². The number of aryl methyl sites for hydroxylation is 1. The van der Waals surface area contributed by atoms with Crippen LogP contribution in [-0.4, -0.2) is 20.5 Å². The van der Waals surface area contributed by atoms with Gasteiger partial charge in [-0.05, 0) is 30.7 Å². The zero-order chi connectivity index (χ0) is 10.3. The predicted octanol–water partition coefficient (Wildman–Crippen LogP) is 1.37. The molecule has 0 amide bonds. The third kappa shape index (κ3) is 1.82. The van der Waals surface area contributed by atoms with Crippen molar-refractivity contribution in [2.75, 3.05) is 0 Å². The Morgan fingerprint density at radius 3 is 2.79 bits per heavy atom. The van der Waals surface area contributed by atoms with Gasteiger partial charge >= 0.3 is 0 Å². The smallest absolute Gasteiger partial charge is 0.0691 e. The van der Waals surface area contributed by atoms with E-state index in [1.54, 1.807) is 4.68 Å². The molecule has 0 spiro atoms. The van der Waals surface area contributed by atoms with E-state index in [0.29, 0.717) is 11.8 Å². The highest BCUT2D eigenvalue weighted by Crippen LogP contribution is 2.46. The van der Waals surface area contributed by atoms with Crippen molar-refractivity contribution in [2.45, 2.75) is 32.3 Å². The van der Waals surface area contributed by atoms with Crippen molar-refractivity contribution >= 4 is 0 Å². The first kappa shape index (κ1) is 9.71. The lowest BCUT2D eigenvalue weighted by molar-refractivity contribution is 0.0325. The van der Waals surface area contributed by atoms with Crippen LogP contribution in [0.25, 0.3) is 0 Å². The average Bonchev–Trinajstić information content (AvgIpc) is 2.67. The molecule has 0 aromatic carbocycles. The fourth-order valence-corrected chi connectivity index (χ4v) is 2.30. The van der Waals surface area contributed by atoms with Crippen LogP contribution in [0.4, 0.5) is 0 Å². The molecule has 78 valence electrons.